The molecule has 0 saturated carbocycles. The molecule has 0 N–H and O–H groups in total. The van der Waals surface area contributed by atoms with Gasteiger partial charge in [0.15, 0.2) is 0 Å². The van der Waals surface area contributed by atoms with Gasteiger partial charge in [-0.05, 0) is 12.5 Å². The molecular weight excluding hydrogens is 334 g/mol. The van der Waals surface area contributed by atoms with E-state index in [4.69, 9.17) is 24.5 Å². The van der Waals surface area contributed by atoms with Gasteiger partial charge in [-0.2, -0.15) is 0 Å². The van der Waals surface area contributed by atoms with Gasteiger partial charge in [-0.1, -0.05) is 17.3 Å². The number of hydrogen-bond acceptors (Lipinski definition) is 8. The minimum absolute atomic E-state index is 0.150. The maximum absolute atomic E-state index is 11.5. The van der Waals surface area contributed by atoms with Crippen molar-refractivity contribution in [2.75, 3.05) is 6.61 Å². The van der Waals surface area contributed by atoms with Gasteiger partial charge >= 0.3 is 17.9 Å². The third-order valence-corrected chi connectivity index (χ3v) is 3.37. The lowest BCUT2D eigenvalue weighted by molar-refractivity contribution is -0.244. The smallest absolute Gasteiger partial charge is 0.304 e. The summed E-state index contributed by atoms with van der Waals surface area (Å²) in [6, 6.07) is -1.09. The van der Waals surface area contributed by atoms with E-state index in [-0.39, 0.29) is 6.61 Å². The highest BCUT2D eigenvalue weighted by Gasteiger charge is 2.48. The molecule has 0 aromatic heterocycles. The molecule has 0 spiro atoms. The maximum Gasteiger partial charge on any atom is 0.304 e. The lowest BCUT2D eigenvalue weighted by Crippen LogP contribution is -2.56. The number of ether oxygens (including phenoxy) is 4. The van der Waals surface area contributed by atoms with Gasteiger partial charge < -0.3 is 18.9 Å². The summed E-state index contributed by atoms with van der Waals surface area (Å²) in [5, 5.41) is 3.57. The van der Waals surface area contributed by atoms with E-state index >= 15 is 0 Å². The van der Waals surface area contributed by atoms with Gasteiger partial charge in [0, 0.05) is 31.6 Å². The van der Waals surface area contributed by atoms with E-state index in [0.29, 0.717) is 0 Å². The highest BCUT2D eigenvalue weighted by molar-refractivity contribution is 5.67. The van der Waals surface area contributed by atoms with E-state index in [2.05, 4.69) is 10.0 Å². The third-order valence-electron chi connectivity index (χ3n) is 3.37. The zero-order chi connectivity index (χ0) is 19.0. The molecule has 2 unspecified atom stereocenters. The second-order valence-corrected chi connectivity index (χ2v) is 5.33. The number of azide groups is 1. The van der Waals surface area contributed by atoms with Crippen LogP contribution in [0.3, 0.4) is 0 Å². The Bertz CT molecular complexity index is 586. The fourth-order valence-corrected chi connectivity index (χ4v) is 2.52. The number of nitrogens with zero attached hydrogens (tertiary/aromatic N) is 3. The number of esters is 3. The van der Waals surface area contributed by atoms with Crippen molar-refractivity contribution in [1.82, 2.24) is 0 Å². The number of carbonyl (C=O) groups excluding carboxylic acids is 3. The Balaban J connectivity index is 3.25. The Morgan fingerprint density at radius 1 is 1.16 bits per heavy atom. The molecule has 0 aliphatic carbocycles. The summed E-state index contributed by atoms with van der Waals surface area (Å²) in [7, 11) is 0. The van der Waals surface area contributed by atoms with Crippen LogP contribution in [-0.2, 0) is 33.3 Å². The largest absolute Gasteiger partial charge is 0.463 e. The van der Waals surface area contributed by atoms with E-state index in [0.717, 1.165) is 6.92 Å². The van der Waals surface area contributed by atoms with Gasteiger partial charge in [-0.25, -0.2) is 0 Å². The Morgan fingerprint density at radius 3 is 2.28 bits per heavy atom. The molecule has 138 valence electrons. The van der Waals surface area contributed by atoms with Crippen molar-refractivity contribution in [3.63, 3.8) is 0 Å². The Labute approximate surface area is 144 Å². The van der Waals surface area contributed by atoms with Crippen LogP contribution in [0, 0.1) is 5.92 Å². The van der Waals surface area contributed by atoms with E-state index in [1.807, 2.05) is 0 Å². The fraction of sp³-hybridized carbons (Fsp3) is 0.667. The Hall–Kier alpha value is -2.58. The van der Waals surface area contributed by atoms with E-state index in [9.17, 15) is 14.4 Å². The first-order valence-corrected chi connectivity index (χ1v) is 7.60. The number of hydrogen-bond donors (Lipinski definition) is 0. The van der Waals surface area contributed by atoms with Crippen molar-refractivity contribution in [2.24, 2.45) is 11.0 Å². The topological polar surface area (TPSA) is 137 Å². The van der Waals surface area contributed by atoms with Gasteiger partial charge in [-0.15, -0.1) is 0 Å². The molecular formula is C15H21N3O7. The monoisotopic (exact) mass is 355 g/mol. The van der Waals surface area contributed by atoms with Gasteiger partial charge in [0.25, 0.3) is 0 Å². The number of carbonyl (C=O) groups is 3. The standard InChI is InChI=1S/C15H21N3O7/c1-5-6-11-12(7-22-8(2)19)25-15(24-10(4)21)13(17-18-16)14(11)23-9(3)20/h5-6,11-15H,7H2,1-4H3/b6-5+/t11-,12?,13?,14+,15+/m1/s1. The molecule has 0 aromatic rings. The van der Waals surface area contributed by atoms with Gasteiger partial charge in [0.1, 0.15) is 24.9 Å². The molecule has 1 aliphatic rings. The fourth-order valence-electron chi connectivity index (χ4n) is 2.52. The van der Waals surface area contributed by atoms with Crippen LogP contribution in [0.15, 0.2) is 17.3 Å². The van der Waals surface area contributed by atoms with Gasteiger partial charge in [0.05, 0.1) is 0 Å². The average Bonchev–Trinajstić information content (AvgIpc) is 2.50. The maximum atomic E-state index is 11.5. The second kappa shape index (κ2) is 9.65. The third kappa shape index (κ3) is 6.09. The van der Waals surface area contributed by atoms with Crippen molar-refractivity contribution < 1.29 is 33.3 Å². The molecule has 10 nitrogen and oxygen atoms in total. The highest BCUT2D eigenvalue weighted by Crippen LogP contribution is 2.33. The Kier molecular flexibility index (Phi) is 7.90. The molecule has 5 atom stereocenters. The zero-order valence-electron chi connectivity index (χ0n) is 14.4. The molecule has 1 heterocycles. The lowest BCUT2D eigenvalue weighted by Gasteiger charge is -2.42. The Morgan fingerprint density at radius 2 is 1.80 bits per heavy atom. The summed E-state index contributed by atoms with van der Waals surface area (Å²) < 4.78 is 21.0. The first-order valence-electron chi connectivity index (χ1n) is 7.60. The van der Waals surface area contributed by atoms with Gasteiger partial charge in [-0.3, -0.25) is 14.4 Å². The summed E-state index contributed by atoms with van der Waals surface area (Å²) in [5.74, 6) is -2.36. The van der Waals surface area contributed by atoms with Crippen molar-refractivity contribution in [3.05, 3.63) is 22.6 Å². The van der Waals surface area contributed by atoms with E-state index in [1.54, 1.807) is 19.1 Å². The predicted octanol–water partition coefficient (Wildman–Crippen LogP) is 1.64. The van der Waals surface area contributed by atoms with Crippen LogP contribution in [0.2, 0.25) is 0 Å². The van der Waals surface area contributed by atoms with Crippen molar-refractivity contribution >= 4 is 17.9 Å². The number of rotatable bonds is 6. The first kappa shape index (κ1) is 20.5. The molecule has 1 aliphatic heterocycles. The van der Waals surface area contributed by atoms with Gasteiger partial charge in [0.2, 0.25) is 6.29 Å². The van der Waals surface area contributed by atoms with Crippen LogP contribution in [0.25, 0.3) is 10.4 Å². The first-order chi connectivity index (χ1) is 11.8. The molecule has 0 aromatic carbocycles. The normalized spacial score (nSPS) is 28.7. The molecule has 25 heavy (non-hydrogen) atoms. The quantitative estimate of drug-likeness (QED) is 0.176. The van der Waals surface area contributed by atoms with Crippen molar-refractivity contribution in [2.45, 2.75) is 52.2 Å². The van der Waals surface area contributed by atoms with Crippen molar-refractivity contribution in [1.29, 1.82) is 0 Å². The molecule has 10 heteroatoms. The van der Waals surface area contributed by atoms with E-state index < -0.39 is 48.4 Å². The summed E-state index contributed by atoms with van der Waals surface area (Å²) in [6.45, 7) is 5.20. The van der Waals surface area contributed by atoms with Crippen LogP contribution in [-0.4, -0.2) is 49.1 Å². The molecule has 0 bridgehead atoms. The van der Waals surface area contributed by atoms with Crippen LogP contribution < -0.4 is 0 Å². The highest BCUT2D eigenvalue weighted by atomic mass is 16.7. The van der Waals surface area contributed by atoms with E-state index in [1.165, 1.54) is 13.8 Å². The minimum Gasteiger partial charge on any atom is -0.463 e. The average molecular weight is 355 g/mol. The van der Waals surface area contributed by atoms with Crippen LogP contribution in [0.1, 0.15) is 27.7 Å². The molecule has 1 rings (SSSR count). The summed E-state index contributed by atoms with van der Waals surface area (Å²) in [5.41, 5.74) is 8.81. The van der Waals surface area contributed by atoms with Crippen LogP contribution in [0.4, 0.5) is 0 Å². The zero-order valence-corrected chi connectivity index (χ0v) is 14.4. The van der Waals surface area contributed by atoms with Crippen LogP contribution >= 0.6 is 0 Å². The summed E-state index contributed by atoms with van der Waals surface area (Å²) in [6.07, 6.45) is 0.387. The second-order valence-electron chi connectivity index (χ2n) is 5.33. The summed E-state index contributed by atoms with van der Waals surface area (Å²) in [4.78, 5) is 36.6. The lowest BCUT2D eigenvalue weighted by atomic mass is 9.87. The SMILES string of the molecule is C/C=C/[C@@H]1C(COC(C)=O)O[C@H](OC(C)=O)C(N=[N+]=[N-])[C@H]1OC(C)=O. The number of allylic oxidation sites excluding steroid dienone is 1. The predicted molar refractivity (Wildman–Crippen MR) is 83.9 cm³/mol. The molecule has 1 saturated heterocycles. The summed E-state index contributed by atoms with van der Waals surface area (Å²) >= 11 is 0. The van der Waals surface area contributed by atoms with Crippen molar-refractivity contribution in [3.8, 4) is 0 Å². The molecule has 0 amide bonds. The minimum atomic E-state index is -1.28. The molecule has 0 radical (unpaired) electrons. The van der Waals surface area contributed by atoms with Crippen LogP contribution in [0.5, 0.6) is 0 Å². The molecule has 1 fully saturated rings.